The molecule has 0 unspecified atom stereocenters. The highest BCUT2D eigenvalue weighted by Gasteiger charge is 2.50. The molecule has 1 aliphatic carbocycles. The Hall–Kier alpha value is -6.23. The van der Waals surface area contributed by atoms with Gasteiger partial charge in [-0.3, -0.25) is 0 Å². The zero-order valence-electron chi connectivity index (χ0n) is 27.4. The third-order valence-electron chi connectivity index (χ3n) is 10.6. The molecule has 0 saturated carbocycles. The van der Waals surface area contributed by atoms with Gasteiger partial charge in [-0.2, -0.15) is 0 Å². The van der Waals surface area contributed by atoms with Crippen LogP contribution in [0.4, 0.5) is 0 Å². The molecule has 238 valence electrons. The number of para-hydroxylation sites is 1. The summed E-state index contributed by atoms with van der Waals surface area (Å²) in [4.78, 5) is 13.0. The molecule has 51 heavy (non-hydrogen) atoms. The first-order valence-electron chi connectivity index (χ1n) is 17.2. The Morgan fingerprint density at radius 1 is 0.412 bits per heavy atom. The van der Waals surface area contributed by atoms with Crippen LogP contribution in [0.3, 0.4) is 0 Å². The molecule has 0 radical (unpaired) electrons. The standard InChI is InChI=1S/C47H28N2OS/c1-2-12-29(13-3-1)46-48-40(28-41(49-46)31-22-24-35-34-16-6-10-20-42(34)50-43(35)27-31)30-23-25-45-39(26-30)47(38-19-9-11-21-44(38)51-45)36-17-7-4-14-32(36)33-15-5-8-18-37(33)47/h1-28H. The third kappa shape index (κ3) is 4.14. The molecule has 11 rings (SSSR count). The number of hydrogen-bond donors (Lipinski definition) is 0. The number of hydrogen-bond acceptors (Lipinski definition) is 4. The summed E-state index contributed by atoms with van der Waals surface area (Å²) in [7, 11) is 0. The highest BCUT2D eigenvalue weighted by atomic mass is 32.2. The minimum Gasteiger partial charge on any atom is -0.456 e. The quantitative estimate of drug-likeness (QED) is 0.188. The second-order valence-electron chi connectivity index (χ2n) is 13.3. The van der Waals surface area contributed by atoms with Gasteiger partial charge in [-0.15, -0.1) is 0 Å². The lowest BCUT2D eigenvalue weighted by atomic mass is 9.67. The minimum atomic E-state index is -0.454. The van der Waals surface area contributed by atoms with Gasteiger partial charge in [0.1, 0.15) is 11.2 Å². The predicted molar refractivity (Wildman–Crippen MR) is 207 cm³/mol. The Morgan fingerprint density at radius 3 is 1.78 bits per heavy atom. The Balaban J connectivity index is 1.15. The highest BCUT2D eigenvalue weighted by Crippen LogP contribution is 2.62. The van der Waals surface area contributed by atoms with Crippen LogP contribution in [0.25, 0.3) is 67.0 Å². The van der Waals surface area contributed by atoms with Crippen molar-refractivity contribution in [1.29, 1.82) is 0 Å². The van der Waals surface area contributed by atoms with E-state index >= 15 is 0 Å². The van der Waals surface area contributed by atoms with Crippen molar-refractivity contribution in [2.75, 3.05) is 0 Å². The van der Waals surface area contributed by atoms with E-state index in [0.717, 1.165) is 50.0 Å². The van der Waals surface area contributed by atoms with Gasteiger partial charge in [0.15, 0.2) is 5.82 Å². The molecule has 0 fully saturated rings. The van der Waals surface area contributed by atoms with Crippen molar-refractivity contribution in [3.05, 3.63) is 192 Å². The zero-order chi connectivity index (χ0) is 33.5. The Bertz CT molecular complexity index is 2810. The maximum atomic E-state index is 6.30. The van der Waals surface area contributed by atoms with Gasteiger partial charge >= 0.3 is 0 Å². The molecule has 0 bridgehead atoms. The molecule has 0 atom stereocenters. The van der Waals surface area contributed by atoms with Crippen LogP contribution in [0.15, 0.2) is 184 Å². The molecular weight excluding hydrogens is 641 g/mol. The summed E-state index contributed by atoms with van der Waals surface area (Å²) >= 11 is 1.86. The van der Waals surface area contributed by atoms with E-state index in [4.69, 9.17) is 14.4 Å². The maximum absolute atomic E-state index is 6.30. The van der Waals surface area contributed by atoms with Crippen LogP contribution in [0.1, 0.15) is 22.3 Å². The molecule has 2 aromatic heterocycles. The number of fused-ring (bicyclic) bond motifs is 12. The topological polar surface area (TPSA) is 38.9 Å². The zero-order valence-corrected chi connectivity index (χ0v) is 28.2. The fourth-order valence-corrected chi connectivity index (χ4v) is 9.53. The van der Waals surface area contributed by atoms with Crippen LogP contribution in [0.5, 0.6) is 0 Å². The second-order valence-corrected chi connectivity index (χ2v) is 14.4. The van der Waals surface area contributed by atoms with Crippen LogP contribution in [-0.2, 0) is 5.41 Å². The number of benzene rings is 7. The normalized spacial score (nSPS) is 13.6. The number of furan rings is 1. The van der Waals surface area contributed by atoms with Crippen molar-refractivity contribution in [3.63, 3.8) is 0 Å². The average Bonchev–Trinajstić information content (AvgIpc) is 3.72. The Kier molecular flexibility index (Phi) is 6.10. The molecule has 3 heterocycles. The van der Waals surface area contributed by atoms with Gasteiger partial charge < -0.3 is 4.42 Å². The van der Waals surface area contributed by atoms with Crippen LogP contribution in [-0.4, -0.2) is 9.97 Å². The van der Waals surface area contributed by atoms with E-state index in [0.29, 0.717) is 5.82 Å². The third-order valence-corrected chi connectivity index (χ3v) is 11.7. The molecule has 7 aromatic carbocycles. The van der Waals surface area contributed by atoms with Crippen molar-refractivity contribution in [3.8, 4) is 45.0 Å². The molecule has 1 spiro atoms. The van der Waals surface area contributed by atoms with Gasteiger partial charge in [0.05, 0.1) is 16.8 Å². The van der Waals surface area contributed by atoms with Gasteiger partial charge in [0, 0.05) is 37.3 Å². The molecule has 3 nitrogen and oxygen atoms in total. The van der Waals surface area contributed by atoms with Crippen LogP contribution in [0.2, 0.25) is 0 Å². The number of rotatable bonds is 3. The molecular formula is C47H28N2OS. The Labute approximate surface area is 299 Å². The lowest BCUT2D eigenvalue weighted by Crippen LogP contribution is -2.32. The molecule has 0 N–H and O–H groups in total. The fraction of sp³-hybridized carbons (Fsp3) is 0.0213. The van der Waals surface area contributed by atoms with Gasteiger partial charge in [0.2, 0.25) is 0 Å². The number of nitrogens with zero attached hydrogens (tertiary/aromatic N) is 2. The summed E-state index contributed by atoms with van der Waals surface area (Å²) in [5, 5.41) is 2.21. The van der Waals surface area contributed by atoms with Gasteiger partial charge in [-0.05, 0) is 75.8 Å². The summed E-state index contributed by atoms with van der Waals surface area (Å²) in [5.41, 5.74) is 13.9. The SMILES string of the molecule is c1ccc(-c2nc(-c3ccc4c(c3)C3(c5ccccc5S4)c4ccccc4-c4ccccc43)cc(-c3ccc4c(c3)oc3ccccc34)n2)cc1. The Morgan fingerprint density at radius 2 is 1.00 bits per heavy atom. The van der Waals surface area contributed by atoms with Crippen molar-refractivity contribution in [2.45, 2.75) is 15.2 Å². The van der Waals surface area contributed by atoms with Gasteiger partial charge in [-0.1, -0.05) is 139 Å². The van der Waals surface area contributed by atoms with E-state index in [2.05, 4.69) is 140 Å². The minimum absolute atomic E-state index is 0.454. The van der Waals surface area contributed by atoms with E-state index in [-0.39, 0.29) is 0 Å². The van der Waals surface area contributed by atoms with E-state index in [1.165, 1.54) is 43.2 Å². The van der Waals surface area contributed by atoms with Crippen molar-refractivity contribution < 1.29 is 4.42 Å². The summed E-state index contributed by atoms with van der Waals surface area (Å²) in [5.74, 6) is 0.691. The van der Waals surface area contributed by atoms with Crippen LogP contribution in [0, 0.1) is 0 Å². The number of aromatic nitrogens is 2. The molecule has 0 amide bonds. The lowest BCUT2D eigenvalue weighted by Gasteiger charge is -2.39. The fourth-order valence-electron chi connectivity index (χ4n) is 8.36. The lowest BCUT2D eigenvalue weighted by molar-refractivity contribution is 0.669. The van der Waals surface area contributed by atoms with E-state index in [1.54, 1.807) is 0 Å². The second kappa shape index (κ2) is 10.9. The summed E-state index contributed by atoms with van der Waals surface area (Å²) in [6, 6.07) is 60.7. The first-order chi connectivity index (χ1) is 25.3. The predicted octanol–water partition coefficient (Wildman–Crippen LogP) is 12.2. The molecule has 9 aromatic rings. The monoisotopic (exact) mass is 668 g/mol. The molecule has 1 aliphatic heterocycles. The summed E-state index contributed by atoms with van der Waals surface area (Å²) < 4.78 is 6.30. The van der Waals surface area contributed by atoms with E-state index < -0.39 is 5.41 Å². The summed E-state index contributed by atoms with van der Waals surface area (Å²) in [6.45, 7) is 0. The van der Waals surface area contributed by atoms with E-state index in [1.807, 2.05) is 42.1 Å². The molecule has 2 aliphatic rings. The van der Waals surface area contributed by atoms with Crippen molar-refractivity contribution in [1.82, 2.24) is 9.97 Å². The van der Waals surface area contributed by atoms with Gasteiger partial charge in [0.25, 0.3) is 0 Å². The molecule has 4 heteroatoms. The van der Waals surface area contributed by atoms with Crippen molar-refractivity contribution in [2.24, 2.45) is 0 Å². The van der Waals surface area contributed by atoms with Crippen LogP contribution >= 0.6 is 11.8 Å². The highest BCUT2D eigenvalue weighted by molar-refractivity contribution is 7.99. The maximum Gasteiger partial charge on any atom is 0.160 e. The average molecular weight is 669 g/mol. The smallest absolute Gasteiger partial charge is 0.160 e. The first-order valence-corrected chi connectivity index (χ1v) is 18.1. The van der Waals surface area contributed by atoms with Gasteiger partial charge in [-0.25, -0.2) is 9.97 Å². The molecule has 0 saturated heterocycles. The van der Waals surface area contributed by atoms with Crippen LogP contribution < -0.4 is 0 Å². The van der Waals surface area contributed by atoms with Crippen molar-refractivity contribution >= 4 is 33.7 Å². The summed E-state index contributed by atoms with van der Waals surface area (Å²) in [6.07, 6.45) is 0. The van der Waals surface area contributed by atoms with E-state index in [9.17, 15) is 0 Å². The largest absolute Gasteiger partial charge is 0.456 e. The first kappa shape index (κ1) is 28.6.